The van der Waals surface area contributed by atoms with Crippen LogP contribution < -0.4 is 10.6 Å². The molecular weight excluding hydrogens is 334 g/mol. The van der Waals surface area contributed by atoms with Crippen molar-refractivity contribution in [1.29, 1.82) is 0 Å². The zero-order chi connectivity index (χ0) is 18.1. The van der Waals surface area contributed by atoms with E-state index in [1.165, 1.54) is 5.56 Å². The number of benzene rings is 2. The topological polar surface area (TPSA) is 70.6 Å². The molecule has 0 saturated heterocycles. The van der Waals surface area contributed by atoms with Gasteiger partial charge in [0.2, 0.25) is 0 Å². The molecule has 0 radical (unpaired) electrons. The average molecular weight is 359 g/mol. The van der Waals surface area contributed by atoms with Gasteiger partial charge in [0, 0.05) is 18.0 Å². The van der Waals surface area contributed by atoms with Gasteiger partial charge in [0.25, 0.3) is 0 Å². The summed E-state index contributed by atoms with van der Waals surface area (Å²) in [6, 6.07) is 17.9. The second-order valence-corrected chi connectivity index (χ2v) is 8.28. The number of nitrogens with one attached hydrogen (secondary N) is 2. The summed E-state index contributed by atoms with van der Waals surface area (Å²) in [5.41, 5.74) is 3.20. The molecule has 2 aromatic rings. The molecule has 0 amide bonds. The molecule has 6 heteroatoms. The second-order valence-electron chi connectivity index (χ2n) is 5.80. The number of aryl methyl sites for hydroxylation is 1. The van der Waals surface area contributed by atoms with Gasteiger partial charge >= 0.3 is 0 Å². The van der Waals surface area contributed by atoms with Crippen molar-refractivity contribution in [2.24, 2.45) is 4.99 Å². The van der Waals surface area contributed by atoms with E-state index in [1.807, 2.05) is 49.4 Å². The third kappa shape index (κ3) is 6.97. The highest BCUT2D eigenvalue weighted by atomic mass is 32.2. The van der Waals surface area contributed by atoms with Gasteiger partial charge in [-0.25, -0.2) is 13.4 Å². The Bertz CT molecular complexity index is 785. The molecule has 5 nitrogen and oxygen atoms in total. The summed E-state index contributed by atoms with van der Waals surface area (Å²) in [7, 11) is -3.01. The normalized spacial score (nSPS) is 12.0. The summed E-state index contributed by atoms with van der Waals surface area (Å²) in [6.45, 7) is 4.54. The Morgan fingerprint density at radius 3 is 2.36 bits per heavy atom. The minimum absolute atomic E-state index is 0.0868. The maximum Gasteiger partial charge on any atom is 0.196 e. The largest absolute Gasteiger partial charge is 0.355 e. The van der Waals surface area contributed by atoms with E-state index in [0.717, 1.165) is 11.3 Å². The molecule has 2 rings (SSSR count). The van der Waals surface area contributed by atoms with Crippen LogP contribution in [0.3, 0.4) is 0 Å². The van der Waals surface area contributed by atoms with Gasteiger partial charge in [0.1, 0.15) is 0 Å². The first-order valence-electron chi connectivity index (χ1n) is 8.35. The Morgan fingerprint density at radius 1 is 1.04 bits per heavy atom. The van der Waals surface area contributed by atoms with Crippen molar-refractivity contribution in [2.75, 3.05) is 23.4 Å². The van der Waals surface area contributed by atoms with E-state index in [2.05, 4.69) is 27.8 Å². The number of para-hydroxylation sites is 1. The van der Waals surface area contributed by atoms with Crippen LogP contribution in [0.25, 0.3) is 0 Å². The van der Waals surface area contributed by atoms with Crippen molar-refractivity contribution in [1.82, 2.24) is 5.32 Å². The molecule has 0 unspecified atom stereocenters. The van der Waals surface area contributed by atoms with Crippen LogP contribution in [0.15, 0.2) is 59.6 Å². The predicted molar refractivity (Wildman–Crippen MR) is 105 cm³/mol. The SMILES string of the molecule is CCS(=O)(=O)CCNC(=NCc1ccc(C)cc1)Nc1ccccc1. The summed E-state index contributed by atoms with van der Waals surface area (Å²) >= 11 is 0. The first-order chi connectivity index (χ1) is 12.0. The van der Waals surface area contributed by atoms with Crippen molar-refractivity contribution in [2.45, 2.75) is 20.4 Å². The van der Waals surface area contributed by atoms with Gasteiger partial charge in [-0.1, -0.05) is 55.0 Å². The summed E-state index contributed by atoms with van der Waals surface area (Å²) < 4.78 is 23.3. The van der Waals surface area contributed by atoms with Crippen LogP contribution in [0.5, 0.6) is 0 Å². The lowest BCUT2D eigenvalue weighted by Gasteiger charge is -2.13. The van der Waals surface area contributed by atoms with E-state index in [4.69, 9.17) is 0 Å². The van der Waals surface area contributed by atoms with E-state index in [-0.39, 0.29) is 11.5 Å². The van der Waals surface area contributed by atoms with Crippen LogP contribution in [0.4, 0.5) is 5.69 Å². The molecule has 25 heavy (non-hydrogen) atoms. The van der Waals surface area contributed by atoms with E-state index >= 15 is 0 Å². The Hall–Kier alpha value is -2.34. The zero-order valence-electron chi connectivity index (χ0n) is 14.7. The Labute approximate surface area is 150 Å². The third-order valence-electron chi connectivity index (χ3n) is 3.72. The van der Waals surface area contributed by atoms with E-state index in [1.54, 1.807) is 6.92 Å². The number of anilines is 1. The van der Waals surface area contributed by atoms with Gasteiger partial charge in [0.05, 0.1) is 12.3 Å². The maximum absolute atomic E-state index is 11.7. The third-order valence-corrected chi connectivity index (χ3v) is 5.43. The lowest BCUT2D eigenvalue weighted by Crippen LogP contribution is -2.34. The number of aliphatic imine (C=N–C) groups is 1. The van der Waals surface area contributed by atoms with Crippen molar-refractivity contribution in [3.63, 3.8) is 0 Å². The fraction of sp³-hybridized carbons (Fsp3) is 0.316. The highest BCUT2D eigenvalue weighted by molar-refractivity contribution is 7.91. The van der Waals surface area contributed by atoms with Crippen LogP contribution in [0, 0.1) is 6.92 Å². The lowest BCUT2D eigenvalue weighted by atomic mass is 10.1. The number of rotatable bonds is 7. The molecule has 0 aromatic heterocycles. The van der Waals surface area contributed by atoms with Crippen LogP contribution in [-0.4, -0.2) is 32.4 Å². The molecule has 134 valence electrons. The van der Waals surface area contributed by atoms with E-state index < -0.39 is 9.84 Å². The van der Waals surface area contributed by atoms with Crippen molar-refractivity contribution < 1.29 is 8.42 Å². The monoisotopic (exact) mass is 359 g/mol. The summed E-state index contributed by atoms with van der Waals surface area (Å²) in [4.78, 5) is 4.56. The van der Waals surface area contributed by atoms with Crippen molar-refractivity contribution in [3.05, 3.63) is 65.7 Å². The van der Waals surface area contributed by atoms with Crippen LogP contribution in [-0.2, 0) is 16.4 Å². The van der Waals surface area contributed by atoms with Gasteiger partial charge < -0.3 is 10.6 Å². The molecule has 2 N–H and O–H groups in total. The highest BCUT2D eigenvalue weighted by Crippen LogP contribution is 2.07. The van der Waals surface area contributed by atoms with Gasteiger partial charge in [-0.2, -0.15) is 0 Å². The van der Waals surface area contributed by atoms with Crippen LogP contribution >= 0.6 is 0 Å². The van der Waals surface area contributed by atoms with Gasteiger partial charge in [0.15, 0.2) is 15.8 Å². The maximum atomic E-state index is 11.7. The Balaban J connectivity index is 2.04. The predicted octanol–water partition coefficient (Wildman–Crippen LogP) is 2.99. The van der Waals surface area contributed by atoms with Crippen molar-refractivity contribution in [3.8, 4) is 0 Å². The lowest BCUT2D eigenvalue weighted by molar-refractivity contribution is 0.596. The molecule has 0 saturated carbocycles. The van der Waals surface area contributed by atoms with Crippen LogP contribution in [0.1, 0.15) is 18.1 Å². The molecule has 0 spiro atoms. The Morgan fingerprint density at radius 2 is 1.72 bits per heavy atom. The fourth-order valence-corrected chi connectivity index (χ4v) is 2.83. The molecule has 0 aliphatic rings. The number of hydrogen-bond donors (Lipinski definition) is 2. The molecular formula is C19H25N3O2S. The minimum atomic E-state index is -3.01. The molecule has 2 aromatic carbocycles. The quantitative estimate of drug-likeness (QED) is 0.589. The molecule has 0 fully saturated rings. The van der Waals surface area contributed by atoms with Gasteiger partial charge in [-0.05, 0) is 24.6 Å². The van der Waals surface area contributed by atoms with Crippen LogP contribution in [0.2, 0.25) is 0 Å². The van der Waals surface area contributed by atoms with Gasteiger partial charge in [-0.15, -0.1) is 0 Å². The van der Waals surface area contributed by atoms with E-state index in [9.17, 15) is 8.42 Å². The number of nitrogens with zero attached hydrogens (tertiary/aromatic N) is 1. The molecule has 0 bridgehead atoms. The summed E-state index contributed by atoms with van der Waals surface area (Å²) in [5.74, 6) is 0.804. The number of hydrogen-bond acceptors (Lipinski definition) is 3. The average Bonchev–Trinajstić information content (AvgIpc) is 2.61. The fourth-order valence-electron chi connectivity index (χ4n) is 2.13. The number of guanidine groups is 1. The van der Waals surface area contributed by atoms with Crippen molar-refractivity contribution >= 4 is 21.5 Å². The Kier molecular flexibility index (Phi) is 7.01. The summed E-state index contributed by atoms with van der Waals surface area (Å²) in [6.07, 6.45) is 0. The first kappa shape index (κ1) is 19.0. The van der Waals surface area contributed by atoms with Gasteiger partial charge in [-0.3, -0.25) is 0 Å². The first-order valence-corrected chi connectivity index (χ1v) is 10.2. The highest BCUT2D eigenvalue weighted by Gasteiger charge is 2.08. The molecule has 0 aliphatic carbocycles. The minimum Gasteiger partial charge on any atom is -0.355 e. The second kappa shape index (κ2) is 9.22. The van der Waals surface area contributed by atoms with E-state index in [0.29, 0.717) is 19.0 Å². The smallest absolute Gasteiger partial charge is 0.196 e. The molecule has 0 atom stereocenters. The standard InChI is InChI=1S/C19H25N3O2S/c1-3-25(23,24)14-13-20-19(22-18-7-5-4-6-8-18)21-15-17-11-9-16(2)10-12-17/h4-12H,3,13-15H2,1-2H3,(H2,20,21,22). The number of sulfone groups is 1. The summed E-state index contributed by atoms with van der Waals surface area (Å²) in [5, 5.41) is 6.31. The molecule has 0 aliphatic heterocycles. The zero-order valence-corrected chi connectivity index (χ0v) is 15.5. The molecule has 0 heterocycles.